The van der Waals surface area contributed by atoms with Crippen molar-refractivity contribution in [3.63, 3.8) is 0 Å². The molecule has 0 bridgehead atoms. The van der Waals surface area contributed by atoms with Crippen molar-refractivity contribution in [3.8, 4) is 0 Å². The largest absolute Gasteiger partial charge is 0 e. The summed E-state index contributed by atoms with van der Waals surface area (Å²) in [5, 5.41) is 0. The molecule has 6 heavy (non-hydrogen) atoms. The van der Waals surface area contributed by atoms with Gasteiger partial charge in [-0.3, -0.25) is 0 Å². The topological polar surface area (TPSA) is 74.6 Å². The SMILES string of the molecule is O=[Te](=O)(O)O.[Au]. The van der Waals surface area contributed by atoms with Crippen molar-refractivity contribution < 1.29 is 35.5 Å². The second-order valence-corrected chi connectivity index (χ2v) is 3.00. The third-order valence-electron chi connectivity index (χ3n) is 0. The number of hydrogen-bond donors (Lipinski definition) is 2. The van der Waals surface area contributed by atoms with Gasteiger partial charge in [0.05, 0.1) is 0 Å². The molecule has 0 aromatic carbocycles. The van der Waals surface area contributed by atoms with E-state index < -0.39 is 19.0 Å². The molecular formula is H2AuO4Te. The maximum atomic E-state index is 8.85. The van der Waals surface area contributed by atoms with Crippen LogP contribution < -0.4 is 0 Å². The van der Waals surface area contributed by atoms with E-state index in [1.165, 1.54) is 0 Å². The molecule has 0 saturated carbocycles. The van der Waals surface area contributed by atoms with Gasteiger partial charge in [0.1, 0.15) is 0 Å². The van der Waals surface area contributed by atoms with Crippen molar-refractivity contribution in [3.05, 3.63) is 0 Å². The summed E-state index contributed by atoms with van der Waals surface area (Å²) in [6.45, 7) is 0. The van der Waals surface area contributed by atoms with Crippen molar-refractivity contribution in [2.75, 3.05) is 0 Å². The molecule has 0 aliphatic carbocycles. The fourth-order valence-corrected chi connectivity index (χ4v) is 0. The number of hydrogen-bond acceptors (Lipinski definition) is 2. The summed E-state index contributed by atoms with van der Waals surface area (Å²) in [4.78, 5) is 0. The van der Waals surface area contributed by atoms with E-state index in [9.17, 15) is 0 Å². The van der Waals surface area contributed by atoms with Gasteiger partial charge >= 0.3 is 32.1 Å². The molecule has 0 fully saturated rings. The Kier molecular flexibility index (Phi) is 5.23. The fraction of sp³-hybridized carbons (Fsp3) is 0. The molecule has 0 amide bonds. The van der Waals surface area contributed by atoms with Crippen LogP contribution in [0.15, 0.2) is 0 Å². The van der Waals surface area contributed by atoms with E-state index in [1.807, 2.05) is 0 Å². The van der Waals surface area contributed by atoms with Gasteiger partial charge < -0.3 is 0 Å². The van der Waals surface area contributed by atoms with Crippen LogP contribution in [0.25, 0.3) is 0 Å². The summed E-state index contributed by atoms with van der Waals surface area (Å²) in [6.07, 6.45) is 0. The Labute approximate surface area is 54.3 Å². The molecule has 0 aliphatic rings. The fourth-order valence-electron chi connectivity index (χ4n) is 0. The van der Waals surface area contributed by atoms with Crippen molar-refractivity contribution in [2.45, 2.75) is 0 Å². The molecule has 0 aromatic heterocycles. The van der Waals surface area contributed by atoms with Gasteiger partial charge in [0.15, 0.2) is 0 Å². The van der Waals surface area contributed by atoms with Crippen LogP contribution in [0.2, 0.25) is 0 Å². The van der Waals surface area contributed by atoms with Crippen LogP contribution in [-0.2, 0) is 28.6 Å². The third-order valence-corrected chi connectivity index (χ3v) is 0. The molecular weight excluding hydrogens is 389 g/mol. The van der Waals surface area contributed by atoms with E-state index in [-0.39, 0.29) is 22.4 Å². The zero-order chi connectivity index (χ0) is 4.50. The van der Waals surface area contributed by atoms with Gasteiger partial charge in [0.2, 0.25) is 0 Å². The number of rotatable bonds is 0. The van der Waals surface area contributed by atoms with Crippen LogP contribution in [-0.4, -0.2) is 25.9 Å². The van der Waals surface area contributed by atoms with Gasteiger partial charge in [-0.05, 0) is 0 Å². The predicted molar refractivity (Wildman–Crippen MR) is 11.6 cm³/mol. The zero-order valence-electron chi connectivity index (χ0n) is 2.42. The summed E-state index contributed by atoms with van der Waals surface area (Å²) in [6, 6.07) is 0. The third kappa shape index (κ3) is 75.1. The molecule has 0 spiro atoms. The first kappa shape index (κ1) is 10.1. The Morgan fingerprint density at radius 2 is 1.17 bits per heavy atom. The Morgan fingerprint density at radius 1 is 1.17 bits per heavy atom. The van der Waals surface area contributed by atoms with Crippen LogP contribution in [0.3, 0.4) is 0 Å². The Bertz CT molecular complexity index is 90.7. The molecule has 0 heterocycles. The summed E-state index contributed by atoms with van der Waals surface area (Å²) in [7, 11) is 0. The molecule has 4 nitrogen and oxygen atoms in total. The van der Waals surface area contributed by atoms with Crippen molar-refractivity contribution in [1.82, 2.24) is 0 Å². The van der Waals surface area contributed by atoms with E-state index >= 15 is 0 Å². The minimum absolute atomic E-state index is 0. The van der Waals surface area contributed by atoms with Crippen molar-refractivity contribution in [1.29, 1.82) is 0 Å². The second-order valence-electron chi connectivity index (χ2n) is 0.448. The van der Waals surface area contributed by atoms with Gasteiger partial charge in [0, 0.05) is 22.4 Å². The van der Waals surface area contributed by atoms with Gasteiger partial charge in [-0.2, -0.15) is 0 Å². The van der Waals surface area contributed by atoms with Gasteiger partial charge in [-0.25, -0.2) is 0 Å². The van der Waals surface area contributed by atoms with Gasteiger partial charge in [-0.15, -0.1) is 0 Å². The van der Waals surface area contributed by atoms with E-state index in [0.29, 0.717) is 0 Å². The summed E-state index contributed by atoms with van der Waals surface area (Å²) >= 11 is -5.52. The van der Waals surface area contributed by atoms with E-state index in [4.69, 9.17) is 13.2 Å². The van der Waals surface area contributed by atoms with E-state index in [1.54, 1.807) is 0 Å². The average molecular weight is 391 g/mol. The molecule has 0 saturated heterocycles. The molecule has 1 radical (unpaired) electrons. The minimum atomic E-state index is -5.52. The van der Waals surface area contributed by atoms with Crippen LogP contribution in [0.4, 0.5) is 0 Å². The zero-order valence-corrected chi connectivity index (χ0v) is 6.92. The maximum absolute atomic E-state index is 8.85. The molecule has 43 valence electrons. The predicted octanol–water partition coefficient (Wildman–Crippen LogP) is -1.73. The van der Waals surface area contributed by atoms with E-state index in [2.05, 4.69) is 0 Å². The first-order chi connectivity index (χ1) is 2.00. The average Bonchev–Trinajstić information content (AvgIpc) is 0.722. The van der Waals surface area contributed by atoms with Crippen LogP contribution in [0.1, 0.15) is 0 Å². The molecule has 0 aromatic rings. The molecule has 0 unspecified atom stereocenters. The molecule has 0 atom stereocenters. The summed E-state index contributed by atoms with van der Waals surface area (Å²) in [5.74, 6) is 0. The Morgan fingerprint density at radius 3 is 1.17 bits per heavy atom. The van der Waals surface area contributed by atoms with Crippen LogP contribution >= 0.6 is 0 Å². The van der Waals surface area contributed by atoms with Gasteiger partial charge in [-0.1, -0.05) is 0 Å². The molecule has 0 aliphatic heterocycles. The molecule has 2 N–H and O–H groups in total. The standard InChI is InChI=1S/Au.H2O4Te/c;1-5(2,3)4/h;(H2,1,2,3,4). The smallest absolute Gasteiger partial charge is 0 e. The minimum Gasteiger partial charge on any atom is 0 e. The van der Waals surface area contributed by atoms with Gasteiger partial charge in [0.25, 0.3) is 0 Å². The Balaban J connectivity index is 0. The normalized spacial score (nSPS) is 9.67. The first-order valence-electron chi connectivity index (χ1n) is 0.698. The van der Waals surface area contributed by atoms with Crippen LogP contribution in [0, 0.1) is 0 Å². The van der Waals surface area contributed by atoms with Crippen LogP contribution in [0.5, 0.6) is 0 Å². The summed E-state index contributed by atoms with van der Waals surface area (Å²) < 4.78 is 32.0. The quantitative estimate of drug-likeness (QED) is 0.482. The van der Waals surface area contributed by atoms with E-state index in [0.717, 1.165) is 0 Å². The molecule has 0 rings (SSSR count). The maximum Gasteiger partial charge on any atom is 0 e. The first-order valence-corrected chi connectivity index (χ1v) is 4.69. The summed E-state index contributed by atoms with van der Waals surface area (Å²) in [5.41, 5.74) is 0. The second kappa shape index (κ2) is 3.10. The monoisotopic (exact) mass is 393 g/mol. The van der Waals surface area contributed by atoms with Crippen molar-refractivity contribution in [2.24, 2.45) is 0 Å². The molecule has 6 heteroatoms. The van der Waals surface area contributed by atoms with Crippen molar-refractivity contribution >= 4 is 19.0 Å². The Hall–Kier alpha value is 1.05.